The van der Waals surface area contributed by atoms with E-state index in [1.54, 1.807) is 24.3 Å². The SMILES string of the molecule is CCCOc1ccc(NC(=O)OCCO)cc1. The first-order chi connectivity index (χ1) is 8.26. The Morgan fingerprint density at radius 3 is 2.59 bits per heavy atom. The van der Waals surface area contributed by atoms with Crippen molar-refractivity contribution in [2.24, 2.45) is 0 Å². The maximum atomic E-state index is 11.2. The van der Waals surface area contributed by atoms with Crippen LogP contribution in [0.1, 0.15) is 13.3 Å². The number of benzene rings is 1. The normalized spacial score (nSPS) is 9.76. The number of anilines is 1. The van der Waals surface area contributed by atoms with Gasteiger partial charge in [-0.05, 0) is 30.7 Å². The Labute approximate surface area is 100 Å². The van der Waals surface area contributed by atoms with Crippen molar-refractivity contribution in [3.05, 3.63) is 24.3 Å². The van der Waals surface area contributed by atoms with E-state index in [1.165, 1.54) is 0 Å². The van der Waals surface area contributed by atoms with E-state index in [4.69, 9.17) is 9.84 Å². The molecule has 0 atom stereocenters. The van der Waals surface area contributed by atoms with Gasteiger partial charge < -0.3 is 14.6 Å². The molecule has 0 aromatic heterocycles. The van der Waals surface area contributed by atoms with Gasteiger partial charge in [-0.25, -0.2) is 4.79 Å². The number of rotatable bonds is 6. The minimum atomic E-state index is -0.582. The fourth-order valence-electron chi connectivity index (χ4n) is 1.15. The lowest BCUT2D eigenvalue weighted by Crippen LogP contribution is -2.15. The number of aliphatic hydroxyl groups excluding tert-OH is 1. The molecule has 5 heteroatoms. The lowest BCUT2D eigenvalue weighted by molar-refractivity contribution is 0.131. The minimum absolute atomic E-state index is 0.0104. The number of carbonyl (C=O) groups is 1. The highest BCUT2D eigenvalue weighted by atomic mass is 16.6. The summed E-state index contributed by atoms with van der Waals surface area (Å²) in [6, 6.07) is 7.00. The predicted molar refractivity (Wildman–Crippen MR) is 64.3 cm³/mol. The third kappa shape index (κ3) is 5.21. The highest BCUT2D eigenvalue weighted by molar-refractivity contribution is 5.84. The van der Waals surface area contributed by atoms with E-state index in [2.05, 4.69) is 10.1 Å². The number of nitrogens with one attached hydrogen (secondary N) is 1. The van der Waals surface area contributed by atoms with Crippen LogP contribution in [0.25, 0.3) is 0 Å². The molecular formula is C12H17NO4. The van der Waals surface area contributed by atoms with Crippen LogP contribution in [0.15, 0.2) is 24.3 Å². The molecule has 1 rings (SSSR count). The van der Waals surface area contributed by atoms with Crippen molar-refractivity contribution in [2.45, 2.75) is 13.3 Å². The van der Waals surface area contributed by atoms with E-state index in [-0.39, 0.29) is 13.2 Å². The zero-order valence-corrected chi connectivity index (χ0v) is 9.81. The number of carbonyl (C=O) groups excluding carboxylic acids is 1. The average molecular weight is 239 g/mol. The van der Waals surface area contributed by atoms with Gasteiger partial charge >= 0.3 is 6.09 Å². The number of hydrogen-bond donors (Lipinski definition) is 2. The van der Waals surface area contributed by atoms with Crippen LogP contribution < -0.4 is 10.1 Å². The van der Waals surface area contributed by atoms with Gasteiger partial charge in [-0.1, -0.05) is 6.92 Å². The van der Waals surface area contributed by atoms with E-state index in [1.807, 2.05) is 6.92 Å². The summed E-state index contributed by atoms with van der Waals surface area (Å²) < 4.78 is 10.1. The molecule has 1 amide bonds. The molecule has 0 saturated heterocycles. The molecule has 0 bridgehead atoms. The fraction of sp³-hybridized carbons (Fsp3) is 0.417. The van der Waals surface area contributed by atoms with Crippen molar-refractivity contribution >= 4 is 11.8 Å². The number of aliphatic hydroxyl groups is 1. The molecule has 0 saturated carbocycles. The number of amides is 1. The standard InChI is InChI=1S/C12H17NO4/c1-2-8-16-11-5-3-10(4-6-11)13-12(15)17-9-7-14/h3-6,14H,2,7-9H2,1H3,(H,13,15). The molecule has 2 N–H and O–H groups in total. The summed E-state index contributed by atoms with van der Waals surface area (Å²) in [6.07, 6.45) is 0.370. The van der Waals surface area contributed by atoms with Crippen molar-refractivity contribution in [2.75, 3.05) is 25.1 Å². The van der Waals surface area contributed by atoms with E-state index in [9.17, 15) is 4.79 Å². The lowest BCUT2D eigenvalue weighted by Gasteiger charge is -2.07. The van der Waals surface area contributed by atoms with Gasteiger partial charge in [-0.2, -0.15) is 0 Å². The van der Waals surface area contributed by atoms with E-state index < -0.39 is 6.09 Å². The topological polar surface area (TPSA) is 67.8 Å². The Hall–Kier alpha value is -1.75. The van der Waals surface area contributed by atoms with E-state index >= 15 is 0 Å². The van der Waals surface area contributed by atoms with Gasteiger partial charge in [-0.15, -0.1) is 0 Å². The Bertz CT molecular complexity index is 337. The highest BCUT2D eigenvalue weighted by Gasteiger charge is 2.02. The highest BCUT2D eigenvalue weighted by Crippen LogP contribution is 2.15. The molecule has 0 spiro atoms. The summed E-state index contributed by atoms with van der Waals surface area (Å²) in [5, 5.41) is 11.0. The summed E-state index contributed by atoms with van der Waals surface area (Å²) in [4.78, 5) is 11.2. The second kappa shape index (κ2) is 7.51. The summed E-state index contributed by atoms with van der Waals surface area (Å²) in [5.41, 5.74) is 0.622. The van der Waals surface area contributed by atoms with Crippen LogP contribution in [-0.2, 0) is 4.74 Å². The van der Waals surface area contributed by atoms with Crippen LogP contribution in [0.2, 0.25) is 0 Å². The zero-order valence-electron chi connectivity index (χ0n) is 9.81. The molecular weight excluding hydrogens is 222 g/mol. The lowest BCUT2D eigenvalue weighted by atomic mass is 10.3. The second-order valence-corrected chi connectivity index (χ2v) is 3.36. The van der Waals surface area contributed by atoms with Crippen molar-refractivity contribution in [1.82, 2.24) is 0 Å². The van der Waals surface area contributed by atoms with Gasteiger partial charge in [0.15, 0.2) is 0 Å². The van der Waals surface area contributed by atoms with Crippen molar-refractivity contribution < 1.29 is 19.4 Å². The fourth-order valence-corrected chi connectivity index (χ4v) is 1.15. The maximum absolute atomic E-state index is 11.2. The van der Waals surface area contributed by atoms with Gasteiger partial charge in [-0.3, -0.25) is 5.32 Å². The van der Waals surface area contributed by atoms with Gasteiger partial charge in [0.2, 0.25) is 0 Å². The van der Waals surface area contributed by atoms with Crippen LogP contribution in [-0.4, -0.2) is 31.0 Å². The largest absolute Gasteiger partial charge is 0.494 e. The molecule has 17 heavy (non-hydrogen) atoms. The summed E-state index contributed by atoms with van der Waals surface area (Å²) in [7, 11) is 0. The van der Waals surface area contributed by atoms with Crippen molar-refractivity contribution in [3.8, 4) is 5.75 Å². The first-order valence-corrected chi connectivity index (χ1v) is 5.53. The van der Waals surface area contributed by atoms with Gasteiger partial charge in [0, 0.05) is 5.69 Å². The first kappa shape index (κ1) is 13.3. The molecule has 0 radical (unpaired) electrons. The molecule has 0 unspecified atom stereocenters. The van der Waals surface area contributed by atoms with Crippen molar-refractivity contribution in [1.29, 1.82) is 0 Å². The predicted octanol–water partition coefficient (Wildman–Crippen LogP) is 2.02. The third-order valence-corrected chi connectivity index (χ3v) is 1.90. The molecule has 1 aromatic carbocycles. The first-order valence-electron chi connectivity index (χ1n) is 5.53. The Morgan fingerprint density at radius 1 is 1.29 bits per heavy atom. The molecule has 0 fully saturated rings. The molecule has 94 valence electrons. The summed E-state index contributed by atoms with van der Waals surface area (Å²) in [6.45, 7) is 2.51. The molecule has 0 heterocycles. The summed E-state index contributed by atoms with van der Waals surface area (Å²) >= 11 is 0. The van der Waals surface area contributed by atoms with Crippen LogP contribution in [0.3, 0.4) is 0 Å². The maximum Gasteiger partial charge on any atom is 0.411 e. The van der Waals surface area contributed by atoms with Gasteiger partial charge in [0.05, 0.1) is 13.2 Å². The van der Waals surface area contributed by atoms with Crippen LogP contribution in [0.5, 0.6) is 5.75 Å². The van der Waals surface area contributed by atoms with Crippen LogP contribution in [0.4, 0.5) is 10.5 Å². The second-order valence-electron chi connectivity index (χ2n) is 3.36. The quantitative estimate of drug-likeness (QED) is 0.796. The molecule has 0 aliphatic rings. The monoisotopic (exact) mass is 239 g/mol. The van der Waals surface area contributed by atoms with Gasteiger partial charge in [0.25, 0.3) is 0 Å². The number of hydrogen-bond acceptors (Lipinski definition) is 4. The summed E-state index contributed by atoms with van der Waals surface area (Å²) in [5.74, 6) is 0.765. The minimum Gasteiger partial charge on any atom is -0.494 e. The Balaban J connectivity index is 2.42. The molecule has 5 nitrogen and oxygen atoms in total. The van der Waals surface area contributed by atoms with Gasteiger partial charge in [0.1, 0.15) is 12.4 Å². The molecule has 0 aliphatic carbocycles. The van der Waals surface area contributed by atoms with E-state index in [0.717, 1.165) is 12.2 Å². The molecule has 0 aliphatic heterocycles. The smallest absolute Gasteiger partial charge is 0.411 e. The van der Waals surface area contributed by atoms with E-state index in [0.29, 0.717) is 12.3 Å². The van der Waals surface area contributed by atoms with Crippen LogP contribution >= 0.6 is 0 Å². The number of ether oxygens (including phenoxy) is 2. The Kier molecular flexibility index (Phi) is 5.88. The van der Waals surface area contributed by atoms with Crippen molar-refractivity contribution in [3.63, 3.8) is 0 Å². The van der Waals surface area contributed by atoms with Crippen LogP contribution in [0, 0.1) is 0 Å². The Morgan fingerprint density at radius 2 is 2.00 bits per heavy atom. The average Bonchev–Trinajstić information content (AvgIpc) is 2.35. The zero-order chi connectivity index (χ0) is 12.5. The third-order valence-electron chi connectivity index (χ3n) is 1.90. The molecule has 1 aromatic rings.